The van der Waals surface area contributed by atoms with Crippen molar-refractivity contribution in [2.45, 2.75) is 33.8 Å². The summed E-state index contributed by atoms with van der Waals surface area (Å²) in [4.78, 5) is 12.1. The van der Waals surface area contributed by atoms with E-state index in [-0.39, 0.29) is 5.91 Å². The highest BCUT2D eigenvalue weighted by Gasteiger charge is 2.14. The van der Waals surface area contributed by atoms with Gasteiger partial charge in [-0.25, -0.2) is 0 Å². The second-order valence-corrected chi connectivity index (χ2v) is 5.93. The second kappa shape index (κ2) is 8.39. The van der Waals surface area contributed by atoms with Gasteiger partial charge in [0.05, 0.1) is 6.54 Å². The van der Waals surface area contributed by atoms with E-state index in [2.05, 4.69) is 11.4 Å². The fraction of sp³-hybridized carbons (Fsp3) is 0.350. The molecule has 1 atom stereocenters. The van der Waals surface area contributed by atoms with Crippen LogP contribution >= 0.6 is 0 Å². The van der Waals surface area contributed by atoms with Crippen LogP contribution in [0.2, 0.25) is 0 Å². The number of carbonyl (C=O) groups excluding carboxylic acids is 1. The molecule has 0 aromatic heterocycles. The van der Waals surface area contributed by atoms with Crippen molar-refractivity contribution in [1.29, 1.82) is 0 Å². The predicted molar refractivity (Wildman–Crippen MR) is 95.7 cm³/mol. The first-order chi connectivity index (χ1) is 11.5. The fourth-order valence-electron chi connectivity index (χ4n) is 2.27. The molecule has 0 unspecified atom stereocenters. The van der Waals surface area contributed by atoms with Crippen LogP contribution in [0.4, 0.5) is 0 Å². The minimum Gasteiger partial charge on any atom is -0.491 e. The summed E-state index contributed by atoms with van der Waals surface area (Å²) in [5, 5.41) is 2.84. The van der Waals surface area contributed by atoms with E-state index >= 15 is 0 Å². The Kier molecular flexibility index (Phi) is 6.24. The lowest BCUT2D eigenvalue weighted by Crippen LogP contribution is -2.38. The van der Waals surface area contributed by atoms with E-state index in [1.54, 1.807) is 6.92 Å². The summed E-state index contributed by atoms with van der Waals surface area (Å²) in [5.74, 6) is 1.43. The predicted octanol–water partition coefficient (Wildman–Crippen LogP) is 3.57. The zero-order valence-electron chi connectivity index (χ0n) is 14.8. The number of para-hydroxylation sites is 1. The van der Waals surface area contributed by atoms with Crippen molar-refractivity contribution in [2.75, 3.05) is 13.2 Å². The minimum absolute atomic E-state index is 0.150. The molecular formula is C20H25NO3. The third-order valence-electron chi connectivity index (χ3n) is 3.77. The highest BCUT2D eigenvalue weighted by Crippen LogP contribution is 2.19. The summed E-state index contributed by atoms with van der Waals surface area (Å²) in [5.41, 5.74) is 3.25. The van der Waals surface area contributed by atoms with E-state index in [0.717, 1.165) is 28.2 Å². The SMILES string of the molecule is Cc1ccc(C)c(OCCNC(=O)[C@H](C)Oc2ccccc2C)c1. The molecule has 0 aliphatic rings. The standard InChI is InChI=1S/C20H25NO3/c1-14-9-10-16(3)19(13-14)23-12-11-21-20(22)17(4)24-18-8-6-5-7-15(18)2/h5-10,13,17H,11-12H2,1-4H3,(H,21,22)/t17-/m0/s1. The van der Waals surface area contributed by atoms with Crippen molar-refractivity contribution >= 4 is 5.91 Å². The Balaban J connectivity index is 1.76. The van der Waals surface area contributed by atoms with Crippen LogP contribution in [0.3, 0.4) is 0 Å². The van der Waals surface area contributed by atoms with E-state index in [9.17, 15) is 4.79 Å². The molecule has 0 aliphatic carbocycles. The van der Waals surface area contributed by atoms with Gasteiger partial charge in [-0.15, -0.1) is 0 Å². The molecule has 0 aliphatic heterocycles. The van der Waals surface area contributed by atoms with Gasteiger partial charge >= 0.3 is 0 Å². The Bertz CT molecular complexity index is 697. The summed E-state index contributed by atoms with van der Waals surface area (Å²) in [6.07, 6.45) is -0.549. The largest absolute Gasteiger partial charge is 0.491 e. The second-order valence-electron chi connectivity index (χ2n) is 5.93. The Hall–Kier alpha value is -2.49. The Morgan fingerprint density at radius 2 is 1.75 bits per heavy atom. The van der Waals surface area contributed by atoms with Gasteiger partial charge in [-0.05, 0) is 56.5 Å². The molecule has 0 spiro atoms. The van der Waals surface area contributed by atoms with Crippen molar-refractivity contribution in [3.8, 4) is 11.5 Å². The molecule has 4 heteroatoms. The number of benzene rings is 2. The molecular weight excluding hydrogens is 302 g/mol. The minimum atomic E-state index is -0.549. The van der Waals surface area contributed by atoms with Crippen molar-refractivity contribution in [2.24, 2.45) is 0 Å². The zero-order chi connectivity index (χ0) is 17.5. The average molecular weight is 327 g/mol. The topological polar surface area (TPSA) is 47.6 Å². The maximum absolute atomic E-state index is 12.1. The van der Waals surface area contributed by atoms with Gasteiger partial charge in [-0.2, -0.15) is 0 Å². The number of rotatable bonds is 7. The molecule has 2 rings (SSSR count). The Morgan fingerprint density at radius 1 is 1.04 bits per heavy atom. The van der Waals surface area contributed by atoms with Crippen LogP contribution in [0.5, 0.6) is 11.5 Å². The maximum atomic E-state index is 12.1. The van der Waals surface area contributed by atoms with E-state index < -0.39 is 6.10 Å². The molecule has 0 bridgehead atoms. The highest BCUT2D eigenvalue weighted by molar-refractivity contribution is 5.80. The third kappa shape index (κ3) is 5.01. The summed E-state index contributed by atoms with van der Waals surface area (Å²) < 4.78 is 11.4. The molecule has 2 aromatic rings. The number of carbonyl (C=O) groups is 1. The summed E-state index contributed by atoms with van der Waals surface area (Å²) >= 11 is 0. The molecule has 0 saturated carbocycles. The first-order valence-corrected chi connectivity index (χ1v) is 8.17. The number of amides is 1. The van der Waals surface area contributed by atoms with Crippen LogP contribution in [0.25, 0.3) is 0 Å². The molecule has 0 fully saturated rings. The number of ether oxygens (including phenoxy) is 2. The third-order valence-corrected chi connectivity index (χ3v) is 3.77. The maximum Gasteiger partial charge on any atom is 0.260 e. The Morgan fingerprint density at radius 3 is 2.50 bits per heavy atom. The quantitative estimate of drug-likeness (QED) is 0.791. The summed E-state index contributed by atoms with van der Waals surface area (Å²) in [6, 6.07) is 13.7. The van der Waals surface area contributed by atoms with E-state index in [0.29, 0.717) is 13.2 Å². The smallest absolute Gasteiger partial charge is 0.260 e. The van der Waals surface area contributed by atoms with Gasteiger partial charge in [0.1, 0.15) is 18.1 Å². The first-order valence-electron chi connectivity index (χ1n) is 8.17. The number of hydrogen-bond donors (Lipinski definition) is 1. The molecule has 0 heterocycles. The van der Waals surface area contributed by atoms with Gasteiger partial charge in [0.25, 0.3) is 5.91 Å². The molecule has 128 valence electrons. The van der Waals surface area contributed by atoms with Gasteiger partial charge in [0, 0.05) is 0 Å². The van der Waals surface area contributed by atoms with Gasteiger partial charge in [0.15, 0.2) is 6.10 Å². The van der Waals surface area contributed by atoms with Crippen molar-refractivity contribution in [3.05, 3.63) is 59.2 Å². The molecule has 1 N–H and O–H groups in total. The zero-order valence-corrected chi connectivity index (χ0v) is 14.8. The van der Waals surface area contributed by atoms with E-state index in [1.165, 1.54) is 0 Å². The molecule has 4 nitrogen and oxygen atoms in total. The summed E-state index contributed by atoms with van der Waals surface area (Å²) in [7, 11) is 0. The van der Waals surface area contributed by atoms with Crippen molar-refractivity contribution in [3.63, 3.8) is 0 Å². The van der Waals surface area contributed by atoms with Gasteiger partial charge in [0.2, 0.25) is 0 Å². The van der Waals surface area contributed by atoms with Crippen LogP contribution in [-0.2, 0) is 4.79 Å². The average Bonchev–Trinajstić information content (AvgIpc) is 2.56. The van der Waals surface area contributed by atoms with Crippen LogP contribution in [0.1, 0.15) is 23.6 Å². The van der Waals surface area contributed by atoms with Crippen LogP contribution < -0.4 is 14.8 Å². The lowest BCUT2D eigenvalue weighted by atomic mass is 10.1. The fourth-order valence-corrected chi connectivity index (χ4v) is 2.27. The Labute approximate surface area is 143 Å². The van der Waals surface area contributed by atoms with Crippen LogP contribution in [0, 0.1) is 20.8 Å². The number of nitrogens with one attached hydrogen (secondary N) is 1. The molecule has 0 saturated heterocycles. The monoisotopic (exact) mass is 327 g/mol. The van der Waals surface area contributed by atoms with Gasteiger partial charge in [-0.1, -0.05) is 30.3 Å². The van der Waals surface area contributed by atoms with Crippen molar-refractivity contribution in [1.82, 2.24) is 5.32 Å². The van der Waals surface area contributed by atoms with Crippen LogP contribution in [0.15, 0.2) is 42.5 Å². The molecule has 2 aromatic carbocycles. The molecule has 24 heavy (non-hydrogen) atoms. The van der Waals surface area contributed by atoms with E-state index in [4.69, 9.17) is 9.47 Å². The number of hydrogen-bond acceptors (Lipinski definition) is 3. The van der Waals surface area contributed by atoms with Gasteiger partial charge < -0.3 is 14.8 Å². The lowest BCUT2D eigenvalue weighted by molar-refractivity contribution is -0.127. The molecule has 1 amide bonds. The van der Waals surface area contributed by atoms with Crippen molar-refractivity contribution < 1.29 is 14.3 Å². The molecule has 0 radical (unpaired) electrons. The van der Waals surface area contributed by atoms with Gasteiger partial charge in [-0.3, -0.25) is 4.79 Å². The number of aryl methyl sites for hydroxylation is 3. The normalized spacial score (nSPS) is 11.7. The first kappa shape index (κ1) is 17.9. The van der Waals surface area contributed by atoms with Crippen LogP contribution in [-0.4, -0.2) is 25.2 Å². The van der Waals surface area contributed by atoms with E-state index in [1.807, 2.05) is 57.2 Å². The highest BCUT2D eigenvalue weighted by atomic mass is 16.5. The lowest BCUT2D eigenvalue weighted by Gasteiger charge is -2.16. The summed E-state index contributed by atoms with van der Waals surface area (Å²) in [6.45, 7) is 8.59.